The number of rotatable bonds is 6. The van der Waals surface area contributed by atoms with Gasteiger partial charge in [-0.25, -0.2) is 4.98 Å². The Labute approximate surface area is 125 Å². The van der Waals surface area contributed by atoms with E-state index in [1.807, 2.05) is 30.3 Å². The van der Waals surface area contributed by atoms with Crippen LogP contribution < -0.4 is 5.32 Å². The van der Waals surface area contributed by atoms with E-state index in [1.165, 1.54) is 5.56 Å². The van der Waals surface area contributed by atoms with E-state index in [-0.39, 0.29) is 6.04 Å². The Hall–Kier alpha value is -2.13. The van der Waals surface area contributed by atoms with Crippen LogP contribution >= 0.6 is 0 Å². The maximum atomic E-state index is 5.85. The first-order chi connectivity index (χ1) is 10.4. The summed E-state index contributed by atoms with van der Waals surface area (Å²) in [5.74, 6) is 0.786. The minimum atomic E-state index is 0.235. The van der Waals surface area contributed by atoms with Crippen LogP contribution in [-0.2, 0) is 6.42 Å². The van der Waals surface area contributed by atoms with Crippen molar-refractivity contribution in [1.82, 2.24) is 10.3 Å². The molecule has 2 aromatic carbocycles. The normalized spacial score (nSPS) is 12.6. The molecule has 0 saturated carbocycles. The zero-order valence-electron chi connectivity index (χ0n) is 12.3. The number of fused-ring (bicyclic) bond motifs is 1. The monoisotopic (exact) mass is 280 g/mol. The number of aromatic nitrogens is 1. The molecule has 3 rings (SSSR count). The zero-order chi connectivity index (χ0) is 14.5. The fraction of sp³-hybridized carbons (Fsp3) is 0.278. The van der Waals surface area contributed by atoms with Gasteiger partial charge in [-0.05, 0) is 30.7 Å². The van der Waals surface area contributed by atoms with Crippen molar-refractivity contribution in [1.29, 1.82) is 0 Å². The highest BCUT2D eigenvalue weighted by molar-refractivity contribution is 5.72. The summed E-state index contributed by atoms with van der Waals surface area (Å²) in [5.41, 5.74) is 3.05. The fourth-order valence-corrected chi connectivity index (χ4v) is 2.49. The summed E-state index contributed by atoms with van der Waals surface area (Å²) < 4.78 is 5.85. The molecule has 0 bridgehead atoms. The van der Waals surface area contributed by atoms with Crippen molar-refractivity contribution in [2.75, 3.05) is 6.54 Å². The third-order valence-corrected chi connectivity index (χ3v) is 3.56. The Morgan fingerprint density at radius 2 is 1.81 bits per heavy atom. The summed E-state index contributed by atoms with van der Waals surface area (Å²) in [6.45, 7) is 3.16. The molecule has 0 saturated heterocycles. The molecule has 1 aromatic heterocycles. The molecule has 1 atom stereocenters. The Bertz CT molecular complexity index is 658. The molecule has 1 heterocycles. The summed E-state index contributed by atoms with van der Waals surface area (Å²) in [5, 5.41) is 3.58. The molecule has 1 unspecified atom stereocenters. The minimum absolute atomic E-state index is 0.235. The van der Waals surface area contributed by atoms with Gasteiger partial charge in [-0.3, -0.25) is 0 Å². The van der Waals surface area contributed by atoms with Gasteiger partial charge in [0.05, 0.1) is 0 Å². The molecule has 3 heteroatoms. The number of para-hydroxylation sites is 2. The van der Waals surface area contributed by atoms with Crippen molar-refractivity contribution in [3.63, 3.8) is 0 Å². The molecule has 1 N–H and O–H groups in total. The SMILES string of the molecule is CCCNC(Cc1nc2ccccc2o1)c1ccccc1. The van der Waals surface area contributed by atoms with E-state index < -0.39 is 0 Å². The van der Waals surface area contributed by atoms with E-state index >= 15 is 0 Å². The Morgan fingerprint density at radius 3 is 2.57 bits per heavy atom. The average molecular weight is 280 g/mol. The first kappa shape index (κ1) is 13.8. The number of nitrogens with one attached hydrogen (secondary N) is 1. The second kappa shape index (κ2) is 6.55. The van der Waals surface area contributed by atoms with E-state index in [0.717, 1.165) is 36.4 Å². The van der Waals surface area contributed by atoms with Gasteiger partial charge in [-0.2, -0.15) is 0 Å². The van der Waals surface area contributed by atoms with E-state index in [4.69, 9.17) is 4.42 Å². The molecular weight excluding hydrogens is 260 g/mol. The van der Waals surface area contributed by atoms with Gasteiger partial charge in [-0.1, -0.05) is 49.4 Å². The van der Waals surface area contributed by atoms with Crippen LogP contribution in [-0.4, -0.2) is 11.5 Å². The molecule has 21 heavy (non-hydrogen) atoms. The molecule has 3 nitrogen and oxygen atoms in total. The summed E-state index contributed by atoms with van der Waals surface area (Å²) in [7, 11) is 0. The van der Waals surface area contributed by atoms with Gasteiger partial charge in [-0.15, -0.1) is 0 Å². The molecule has 0 radical (unpaired) electrons. The van der Waals surface area contributed by atoms with Crippen LogP contribution in [0.15, 0.2) is 59.0 Å². The molecule has 0 amide bonds. The zero-order valence-corrected chi connectivity index (χ0v) is 12.3. The van der Waals surface area contributed by atoms with Crippen molar-refractivity contribution in [3.8, 4) is 0 Å². The third kappa shape index (κ3) is 3.31. The Kier molecular flexibility index (Phi) is 4.31. The highest BCUT2D eigenvalue weighted by Crippen LogP contribution is 2.21. The number of benzene rings is 2. The quantitative estimate of drug-likeness (QED) is 0.738. The highest BCUT2D eigenvalue weighted by Gasteiger charge is 2.15. The van der Waals surface area contributed by atoms with Crippen LogP contribution in [0.3, 0.4) is 0 Å². The van der Waals surface area contributed by atoms with Crippen LogP contribution in [0.25, 0.3) is 11.1 Å². The van der Waals surface area contributed by atoms with Crippen LogP contribution in [0.1, 0.15) is 30.8 Å². The summed E-state index contributed by atoms with van der Waals surface area (Å²) in [4.78, 5) is 4.58. The van der Waals surface area contributed by atoms with Crippen LogP contribution in [0.5, 0.6) is 0 Å². The molecule has 0 aliphatic rings. The second-order valence-corrected chi connectivity index (χ2v) is 5.20. The van der Waals surface area contributed by atoms with Gasteiger partial charge in [0.1, 0.15) is 5.52 Å². The third-order valence-electron chi connectivity index (χ3n) is 3.56. The van der Waals surface area contributed by atoms with Gasteiger partial charge < -0.3 is 9.73 Å². The Balaban J connectivity index is 1.83. The van der Waals surface area contributed by atoms with Crippen molar-refractivity contribution in [2.24, 2.45) is 0 Å². The van der Waals surface area contributed by atoms with Crippen molar-refractivity contribution >= 4 is 11.1 Å². The van der Waals surface area contributed by atoms with Gasteiger partial charge in [0.2, 0.25) is 0 Å². The molecule has 0 aliphatic heterocycles. The van der Waals surface area contributed by atoms with Crippen LogP contribution in [0.2, 0.25) is 0 Å². The average Bonchev–Trinajstić information content (AvgIpc) is 2.94. The standard InChI is InChI=1S/C18H20N2O/c1-2-12-19-16(14-8-4-3-5-9-14)13-18-20-15-10-6-7-11-17(15)21-18/h3-11,16,19H,2,12-13H2,1H3. The lowest BCUT2D eigenvalue weighted by atomic mass is 10.0. The lowest BCUT2D eigenvalue weighted by Gasteiger charge is -2.17. The number of nitrogens with zero attached hydrogens (tertiary/aromatic N) is 1. The van der Waals surface area contributed by atoms with E-state index in [1.54, 1.807) is 0 Å². The predicted molar refractivity (Wildman–Crippen MR) is 85.2 cm³/mol. The highest BCUT2D eigenvalue weighted by atomic mass is 16.3. The number of hydrogen-bond acceptors (Lipinski definition) is 3. The van der Waals surface area contributed by atoms with E-state index in [9.17, 15) is 0 Å². The maximum absolute atomic E-state index is 5.85. The molecule has 0 fully saturated rings. The lowest BCUT2D eigenvalue weighted by molar-refractivity contribution is 0.453. The first-order valence-electron chi connectivity index (χ1n) is 7.49. The maximum Gasteiger partial charge on any atom is 0.197 e. The fourth-order valence-electron chi connectivity index (χ4n) is 2.49. The smallest absolute Gasteiger partial charge is 0.197 e. The second-order valence-electron chi connectivity index (χ2n) is 5.20. The summed E-state index contributed by atoms with van der Waals surface area (Å²) in [6.07, 6.45) is 1.87. The molecule has 0 aliphatic carbocycles. The number of hydrogen-bond donors (Lipinski definition) is 1. The first-order valence-corrected chi connectivity index (χ1v) is 7.49. The predicted octanol–water partition coefficient (Wildman–Crippen LogP) is 4.11. The van der Waals surface area contributed by atoms with Crippen LogP contribution in [0.4, 0.5) is 0 Å². The summed E-state index contributed by atoms with van der Waals surface area (Å²) in [6, 6.07) is 18.6. The van der Waals surface area contributed by atoms with Gasteiger partial charge in [0, 0.05) is 12.5 Å². The molecule has 3 aromatic rings. The number of oxazole rings is 1. The molecule has 108 valence electrons. The molecular formula is C18H20N2O. The van der Waals surface area contributed by atoms with Gasteiger partial charge >= 0.3 is 0 Å². The van der Waals surface area contributed by atoms with Gasteiger partial charge in [0.15, 0.2) is 11.5 Å². The van der Waals surface area contributed by atoms with Crippen molar-refractivity contribution in [2.45, 2.75) is 25.8 Å². The lowest BCUT2D eigenvalue weighted by Crippen LogP contribution is -2.24. The summed E-state index contributed by atoms with van der Waals surface area (Å²) >= 11 is 0. The van der Waals surface area contributed by atoms with E-state index in [0.29, 0.717) is 0 Å². The van der Waals surface area contributed by atoms with Crippen LogP contribution in [0, 0.1) is 0 Å². The topological polar surface area (TPSA) is 38.1 Å². The van der Waals surface area contributed by atoms with Crippen molar-refractivity contribution < 1.29 is 4.42 Å². The molecule has 0 spiro atoms. The van der Waals surface area contributed by atoms with Crippen molar-refractivity contribution in [3.05, 3.63) is 66.1 Å². The van der Waals surface area contributed by atoms with E-state index in [2.05, 4.69) is 41.5 Å². The minimum Gasteiger partial charge on any atom is -0.441 e. The Morgan fingerprint density at radius 1 is 1.05 bits per heavy atom. The largest absolute Gasteiger partial charge is 0.441 e. The van der Waals surface area contributed by atoms with Gasteiger partial charge in [0.25, 0.3) is 0 Å².